The Morgan fingerprint density at radius 1 is 1.40 bits per heavy atom. The van der Waals surface area contributed by atoms with Crippen molar-refractivity contribution in [2.24, 2.45) is 0 Å². The zero-order valence-corrected chi connectivity index (χ0v) is 9.28. The molecule has 4 heteroatoms. The molecule has 1 aliphatic rings. The van der Waals surface area contributed by atoms with Gasteiger partial charge in [0.25, 0.3) is 0 Å². The van der Waals surface area contributed by atoms with Gasteiger partial charge in [0.2, 0.25) is 0 Å². The quantitative estimate of drug-likeness (QED) is 0.794. The van der Waals surface area contributed by atoms with Crippen LogP contribution in [0.1, 0.15) is 24.3 Å². The van der Waals surface area contributed by atoms with E-state index < -0.39 is 11.6 Å². The molecule has 1 nitrogen and oxygen atoms in total. The molecule has 0 aromatic heterocycles. The minimum Gasteiger partial charge on any atom is -0.299 e. The monoisotopic (exact) mass is 229 g/mol. The van der Waals surface area contributed by atoms with Gasteiger partial charge in [0.05, 0.1) is 5.37 Å². The van der Waals surface area contributed by atoms with Gasteiger partial charge < -0.3 is 0 Å². The molecule has 1 N–H and O–H groups in total. The Bertz CT molecular complexity index is 356. The van der Waals surface area contributed by atoms with Gasteiger partial charge in [0.1, 0.15) is 0 Å². The Hall–Kier alpha value is -0.610. The summed E-state index contributed by atoms with van der Waals surface area (Å²) in [5.74, 6) is -0.515. The highest BCUT2D eigenvalue weighted by Crippen LogP contribution is 2.33. The molecule has 0 saturated carbocycles. The van der Waals surface area contributed by atoms with E-state index in [1.54, 1.807) is 23.9 Å². The van der Waals surface area contributed by atoms with Crippen molar-refractivity contribution in [3.05, 3.63) is 35.4 Å². The molecule has 2 rings (SSSR count). The van der Waals surface area contributed by atoms with E-state index in [4.69, 9.17) is 0 Å². The van der Waals surface area contributed by atoms with E-state index in [0.717, 1.165) is 18.2 Å². The molecule has 0 aliphatic carbocycles. The highest BCUT2D eigenvalue weighted by Gasteiger charge is 2.23. The molecule has 1 heterocycles. The van der Waals surface area contributed by atoms with Gasteiger partial charge in [0, 0.05) is 11.6 Å². The van der Waals surface area contributed by atoms with E-state index in [9.17, 15) is 8.78 Å². The molecule has 2 atom stereocenters. The summed E-state index contributed by atoms with van der Waals surface area (Å²) in [7, 11) is 0. The maximum absolute atomic E-state index is 13.5. The largest absolute Gasteiger partial charge is 0.299 e. The van der Waals surface area contributed by atoms with Crippen LogP contribution >= 0.6 is 11.8 Å². The summed E-state index contributed by atoms with van der Waals surface area (Å²) in [6, 6.07) is 4.70. The molecule has 0 amide bonds. The van der Waals surface area contributed by atoms with Gasteiger partial charge in [-0.1, -0.05) is 12.1 Å². The number of halogens is 2. The molecule has 0 bridgehead atoms. The van der Waals surface area contributed by atoms with Crippen LogP contribution in [0, 0.1) is 11.6 Å². The van der Waals surface area contributed by atoms with Crippen molar-refractivity contribution in [2.45, 2.75) is 24.8 Å². The van der Waals surface area contributed by atoms with Crippen LogP contribution in [0.15, 0.2) is 18.2 Å². The summed E-state index contributed by atoms with van der Waals surface area (Å²) in [6.45, 7) is 2.06. The van der Waals surface area contributed by atoms with E-state index in [0.29, 0.717) is 11.6 Å². The third-order valence-corrected chi connectivity index (χ3v) is 3.73. The lowest BCUT2D eigenvalue weighted by Crippen LogP contribution is -2.34. The SMILES string of the molecule is CC1CCSC(c2cccc(F)c2F)N1. The maximum atomic E-state index is 13.5. The normalized spacial score (nSPS) is 26.6. The second-order valence-corrected chi connectivity index (χ2v) is 4.96. The van der Waals surface area contributed by atoms with Gasteiger partial charge >= 0.3 is 0 Å². The fourth-order valence-electron chi connectivity index (χ4n) is 1.66. The Labute approximate surface area is 92.3 Å². The zero-order chi connectivity index (χ0) is 10.8. The number of nitrogens with one attached hydrogen (secondary N) is 1. The molecular weight excluding hydrogens is 216 g/mol. The van der Waals surface area contributed by atoms with Gasteiger partial charge in [-0.15, -0.1) is 11.8 Å². The lowest BCUT2D eigenvalue weighted by Gasteiger charge is -2.28. The van der Waals surface area contributed by atoms with E-state index in [1.807, 2.05) is 0 Å². The topological polar surface area (TPSA) is 12.0 Å². The first kappa shape index (κ1) is 10.9. The first-order chi connectivity index (χ1) is 7.18. The number of thioether (sulfide) groups is 1. The minimum atomic E-state index is -0.770. The molecule has 0 spiro atoms. The summed E-state index contributed by atoms with van der Waals surface area (Å²) < 4.78 is 26.5. The lowest BCUT2D eigenvalue weighted by atomic mass is 10.1. The van der Waals surface area contributed by atoms with Gasteiger partial charge in [-0.2, -0.15) is 0 Å². The molecule has 1 aromatic carbocycles. The van der Waals surface area contributed by atoms with Crippen LogP contribution in [0.25, 0.3) is 0 Å². The molecule has 82 valence electrons. The number of rotatable bonds is 1. The highest BCUT2D eigenvalue weighted by atomic mass is 32.2. The Morgan fingerprint density at radius 3 is 2.93 bits per heavy atom. The van der Waals surface area contributed by atoms with E-state index in [1.165, 1.54) is 0 Å². The van der Waals surface area contributed by atoms with Crippen molar-refractivity contribution in [3.8, 4) is 0 Å². The number of hydrogen-bond acceptors (Lipinski definition) is 2. The van der Waals surface area contributed by atoms with Crippen molar-refractivity contribution >= 4 is 11.8 Å². The van der Waals surface area contributed by atoms with Gasteiger partial charge in [-0.25, -0.2) is 8.78 Å². The van der Waals surface area contributed by atoms with Crippen LogP contribution in [0.3, 0.4) is 0 Å². The lowest BCUT2D eigenvalue weighted by molar-refractivity contribution is 0.468. The van der Waals surface area contributed by atoms with Crippen LogP contribution in [0.4, 0.5) is 8.78 Å². The molecule has 15 heavy (non-hydrogen) atoms. The molecule has 1 fully saturated rings. The van der Waals surface area contributed by atoms with Crippen molar-refractivity contribution in [1.29, 1.82) is 0 Å². The fraction of sp³-hybridized carbons (Fsp3) is 0.455. The molecule has 1 saturated heterocycles. The summed E-state index contributed by atoms with van der Waals surface area (Å²) >= 11 is 1.63. The van der Waals surface area contributed by atoms with Gasteiger partial charge in [-0.05, 0) is 25.2 Å². The molecule has 0 radical (unpaired) electrons. The predicted molar refractivity (Wildman–Crippen MR) is 58.8 cm³/mol. The van der Waals surface area contributed by atoms with Crippen LogP contribution in [-0.2, 0) is 0 Å². The maximum Gasteiger partial charge on any atom is 0.164 e. The smallest absolute Gasteiger partial charge is 0.164 e. The molecule has 1 aliphatic heterocycles. The van der Waals surface area contributed by atoms with E-state index in [2.05, 4.69) is 12.2 Å². The van der Waals surface area contributed by atoms with E-state index >= 15 is 0 Å². The number of benzene rings is 1. The first-order valence-electron chi connectivity index (χ1n) is 5.00. The highest BCUT2D eigenvalue weighted by molar-refractivity contribution is 7.99. The Balaban J connectivity index is 2.24. The second kappa shape index (κ2) is 4.49. The molecule has 1 aromatic rings. The van der Waals surface area contributed by atoms with Gasteiger partial charge in [-0.3, -0.25) is 5.32 Å². The van der Waals surface area contributed by atoms with E-state index in [-0.39, 0.29) is 5.37 Å². The second-order valence-electron chi connectivity index (χ2n) is 3.75. The number of hydrogen-bond donors (Lipinski definition) is 1. The summed E-state index contributed by atoms with van der Waals surface area (Å²) in [6.07, 6.45) is 1.07. The summed E-state index contributed by atoms with van der Waals surface area (Å²) in [5, 5.41) is 3.14. The standard InChI is InChI=1S/C11H13F2NS/c1-7-5-6-15-11(14-7)8-3-2-4-9(12)10(8)13/h2-4,7,11,14H,5-6H2,1H3. The third-order valence-electron chi connectivity index (χ3n) is 2.54. The average Bonchev–Trinajstić information content (AvgIpc) is 2.22. The summed E-state index contributed by atoms with van der Waals surface area (Å²) in [5.41, 5.74) is 0.423. The zero-order valence-electron chi connectivity index (χ0n) is 8.47. The van der Waals surface area contributed by atoms with Crippen LogP contribution in [-0.4, -0.2) is 11.8 Å². The van der Waals surface area contributed by atoms with Crippen LogP contribution < -0.4 is 5.32 Å². The molecular formula is C11H13F2NS. The molecule has 2 unspecified atom stereocenters. The van der Waals surface area contributed by atoms with Crippen molar-refractivity contribution in [1.82, 2.24) is 5.32 Å². The average molecular weight is 229 g/mol. The predicted octanol–water partition coefficient (Wildman–Crippen LogP) is 3.08. The van der Waals surface area contributed by atoms with Crippen molar-refractivity contribution in [3.63, 3.8) is 0 Å². The van der Waals surface area contributed by atoms with Crippen LogP contribution in [0.2, 0.25) is 0 Å². The Kier molecular flexibility index (Phi) is 3.26. The van der Waals surface area contributed by atoms with Gasteiger partial charge in [0.15, 0.2) is 11.6 Å². The minimum absolute atomic E-state index is 0.121. The third kappa shape index (κ3) is 2.32. The fourth-order valence-corrected chi connectivity index (χ4v) is 3.07. The summed E-state index contributed by atoms with van der Waals surface area (Å²) in [4.78, 5) is 0. The van der Waals surface area contributed by atoms with Crippen LogP contribution in [0.5, 0.6) is 0 Å². The van der Waals surface area contributed by atoms with Crippen molar-refractivity contribution < 1.29 is 8.78 Å². The van der Waals surface area contributed by atoms with Crippen molar-refractivity contribution in [2.75, 3.05) is 5.75 Å². The Morgan fingerprint density at radius 2 is 2.20 bits per heavy atom. The first-order valence-corrected chi connectivity index (χ1v) is 6.05.